The summed E-state index contributed by atoms with van der Waals surface area (Å²) < 4.78 is 50.8. The first-order chi connectivity index (χ1) is 9.22. The lowest BCUT2D eigenvalue weighted by atomic mass is 10.3. The lowest BCUT2D eigenvalue weighted by Gasteiger charge is -2.17. The zero-order chi connectivity index (χ0) is 15.0. The van der Waals surface area contributed by atoms with E-state index in [0.29, 0.717) is 24.3 Å². The molecule has 0 radical (unpaired) electrons. The third-order valence-corrected chi connectivity index (χ3v) is 6.77. The summed E-state index contributed by atoms with van der Waals surface area (Å²) in [5.41, 5.74) is 0.994. The van der Waals surface area contributed by atoms with Crippen molar-refractivity contribution in [2.24, 2.45) is 0 Å². The zero-order valence-electron chi connectivity index (χ0n) is 11.4. The van der Waals surface area contributed by atoms with Gasteiger partial charge in [-0.1, -0.05) is 0 Å². The van der Waals surface area contributed by atoms with Gasteiger partial charge < -0.3 is 0 Å². The Morgan fingerprint density at radius 2 is 1.80 bits per heavy atom. The van der Waals surface area contributed by atoms with Crippen LogP contribution in [0.3, 0.4) is 0 Å². The van der Waals surface area contributed by atoms with E-state index >= 15 is 0 Å². The number of hydrogen-bond donors (Lipinski definition) is 1. The molecule has 0 aromatic heterocycles. The van der Waals surface area contributed by atoms with Crippen LogP contribution >= 0.6 is 0 Å². The standard InChI is InChI=1S/C12H18N2O4S2/c1-10(2)20(17,18)13-11-4-6-12(7-5-11)14-8-3-9-19(14,15)16/h4-7,10,13H,3,8-9H2,1-2H3. The van der Waals surface area contributed by atoms with Crippen LogP contribution in [-0.4, -0.2) is 34.4 Å². The van der Waals surface area contributed by atoms with E-state index in [0.717, 1.165) is 0 Å². The summed E-state index contributed by atoms with van der Waals surface area (Å²) in [5, 5.41) is -0.527. The first-order valence-electron chi connectivity index (χ1n) is 6.34. The second-order valence-electron chi connectivity index (χ2n) is 4.98. The highest BCUT2D eigenvalue weighted by atomic mass is 32.2. The average Bonchev–Trinajstić information content (AvgIpc) is 2.69. The minimum Gasteiger partial charge on any atom is -0.283 e. The van der Waals surface area contributed by atoms with Crippen molar-refractivity contribution in [3.63, 3.8) is 0 Å². The maximum absolute atomic E-state index is 11.8. The molecular weight excluding hydrogens is 300 g/mol. The van der Waals surface area contributed by atoms with E-state index in [1.165, 1.54) is 4.31 Å². The van der Waals surface area contributed by atoms with E-state index in [2.05, 4.69) is 4.72 Å². The fourth-order valence-electron chi connectivity index (χ4n) is 1.91. The van der Waals surface area contributed by atoms with E-state index in [9.17, 15) is 16.8 Å². The number of hydrogen-bond acceptors (Lipinski definition) is 4. The van der Waals surface area contributed by atoms with Gasteiger partial charge in [0.05, 0.1) is 16.7 Å². The number of benzene rings is 1. The summed E-state index contributed by atoms with van der Waals surface area (Å²) in [6, 6.07) is 6.37. The largest absolute Gasteiger partial charge is 0.283 e. The molecule has 0 unspecified atom stereocenters. The molecule has 1 fully saturated rings. The molecule has 20 heavy (non-hydrogen) atoms. The van der Waals surface area contributed by atoms with Crippen molar-refractivity contribution in [1.29, 1.82) is 0 Å². The molecule has 2 rings (SSSR count). The SMILES string of the molecule is CC(C)S(=O)(=O)Nc1ccc(N2CCCS2(=O)=O)cc1. The van der Waals surface area contributed by atoms with Crippen LogP contribution in [0.5, 0.6) is 0 Å². The molecule has 0 spiro atoms. The van der Waals surface area contributed by atoms with Crippen molar-refractivity contribution in [2.75, 3.05) is 21.3 Å². The highest BCUT2D eigenvalue weighted by molar-refractivity contribution is 7.93. The second kappa shape index (κ2) is 5.25. The van der Waals surface area contributed by atoms with Crippen LogP contribution in [0.1, 0.15) is 20.3 Å². The molecule has 8 heteroatoms. The van der Waals surface area contributed by atoms with Crippen LogP contribution in [0.25, 0.3) is 0 Å². The van der Waals surface area contributed by atoms with Gasteiger partial charge in [0, 0.05) is 12.2 Å². The van der Waals surface area contributed by atoms with E-state index < -0.39 is 25.3 Å². The van der Waals surface area contributed by atoms with E-state index in [-0.39, 0.29) is 5.75 Å². The van der Waals surface area contributed by atoms with Gasteiger partial charge in [-0.3, -0.25) is 9.03 Å². The topological polar surface area (TPSA) is 83.6 Å². The first kappa shape index (κ1) is 15.1. The van der Waals surface area contributed by atoms with Crippen LogP contribution in [0.2, 0.25) is 0 Å². The Hall–Kier alpha value is -1.28. The summed E-state index contributed by atoms with van der Waals surface area (Å²) in [6.45, 7) is 3.65. The van der Waals surface area contributed by atoms with Gasteiger partial charge in [-0.2, -0.15) is 0 Å². The second-order valence-corrected chi connectivity index (χ2v) is 9.23. The van der Waals surface area contributed by atoms with Gasteiger partial charge >= 0.3 is 0 Å². The van der Waals surface area contributed by atoms with Gasteiger partial charge in [-0.15, -0.1) is 0 Å². The van der Waals surface area contributed by atoms with Gasteiger partial charge in [0.2, 0.25) is 20.0 Å². The molecule has 0 amide bonds. The van der Waals surface area contributed by atoms with Crippen LogP contribution < -0.4 is 9.03 Å². The molecule has 6 nitrogen and oxygen atoms in total. The Morgan fingerprint density at radius 3 is 2.25 bits per heavy atom. The Kier molecular flexibility index (Phi) is 3.97. The van der Waals surface area contributed by atoms with Crippen molar-refractivity contribution >= 4 is 31.4 Å². The molecule has 0 bridgehead atoms. The first-order valence-corrected chi connectivity index (χ1v) is 9.50. The molecule has 1 aliphatic rings. The molecule has 1 aromatic rings. The van der Waals surface area contributed by atoms with E-state index in [4.69, 9.17) is 0 Å². The quantitative estimate of drug-likeness (QED) is 0.909. The summed E-state index contributed by atoms with van der Waals surface area (Å²) in [7, 11) is -6.59. The van der Waals surface area contributed by atoms with E-state index in [1.807, 2.05) is 0 Å². The van der Waals surface area contributed by atoms with Crippen LogP contribution in [0.4, 0.5) is 11.4 Å². The zero-order valence-corrected chi connectivity index (χ0v) is 13.0. The van der Waals surface area contributed by atoms with Gasteiger partial charge in [-0.25, -0.2) is 16.8 Å². The smallest absolute Gasteiger partial charge is 0.235 e. The minimum atomic E-state index is -3.39. The summed E-state index contributed by atoms with van der Waals surface area (Å²) in [6.07, 6.45) is 0.615. The highest BCUT2D eigenvalue weighted by Gasteiger charge is 2.28. The Labute approximate surface area is 119 Å². The molecule has 1 aliphatic heterocycles. The number of sulfonamides is 2. The average molecular weight is 318 g/mol. The summed E-state index contributed by atoms with van der Waals surface area (Å²) >= 11 is 0. The monoisotopic (exact) mass is 318 g/mol. The molecule has 0 atom stereocenters. The predicted octanol–water partition coefficient (Wildman–Crippen LogP) is 1.38. The van der Waals surface area contributed by atoms with Crippen LogP contribution in [0, 0.1) is 0 Å². The van der Waals surface area contributed by atoms with Gasteiger partial charge in [0.15, 0.2) is 0 Å². The fourth-order valence-corrected chi connectivity index (χ4v) is 4.17. The molecular formula is C12H18N2O4S2. The van der Waals surface area contributed by atoms with Gasteiger partial charge in [-0.05, 0) is 44.5 Å². The molecule has 0 saturated carbocycles. The van der Waals surface area contributed by atoms with Crippen molar-refractivity contribution in [1.82, 2.24) is 0 Å². The fraction of sp³-hybridized carbons (Fsp3) is 0.500. The Bertz CT molecular complexity index is 679. The van der Waals surface area contributed by atoms with Crippen LogP contribution in [0.15, 0.2) is 24.3 Å². The van der Waals surface area contributed by atoms with Crippen molar-refractivity contribution in [3.05, 3.63) is 24.3 Å². The molecule has 1 heterocycles. The molecule has 1 aromatic carbocycles. The molecule has 1 N–H and O–H groups in total. The maximum atomic E-state index is 11.8. The molecule has 0 aliphatic carbocycles. The third-order valence-electron chi connectivity index (χ3n) is 3.14. The van der Waals surface area contributed by atoms with E-state index in [1.54, 1.807) is 38.1 Å². The van der Waals surface area contributed by atoms with Crippen molar-refractivity contribution in [2.45, 2.75) is 25.5 Å². The van der Waals surface area contributed by atoms with Gasteiger partial charge in [0.25, 0.3) is 0 Å². The Morgan fingerprint density at radius 1 is 1.20 bits per heavy atom. The number of nitrogens with zero attached hydrogens (tertiary/aromatic N) is 1. The van der Waals surface area contributed by atoms with Crippen molar-refractivity contribution < 1.29 is 16.8 Å². The number of anilines is 2. The molecule has 112 valence electrons. The number of rotatable bonds is 4. The van der Waals surface area contributed by atoms with Crippen LogP contribution in [-0.2, 0) is 20.0 Å². The normalized spacial score (nSPS) is 18.4. The lowest BCUT2D eigenvalue weighted by molar-refractivity contribution is 0.592. The summed E-state index contributed by atoms with van der Waals surface area (Å²) in [5.74, 6) is 0.161. The highest BCUT2D eigenvalue weighted by Crippen LogP contribution is 2.25. The third kappa shape index (κ3) is 3.06. The minimum absolute atomic E-state index is 0.161. The number of nitrogens with one attached hydrogen (secondary N) is 1. The van der Waals surface area contributed by atoms with Crippen molar-refractivity contribution in [3.8, 4) is 0 Å². The molecule has 1 saturated heterocycles. The predicted molar refractivity (Wildman–Crippen MR) is 79.9 cm³/mol. The summed E-state index contributed by atoms with van der Waals surface area (Å²) in [4.78, 5) is 0. The lowest BCUT2D eigenvalue weighted by Crippen LogP contribution is -2.25. The Balaban J connectivity index is 2.19. The van der Waals surface area contributed by atoms with Gasteiger partial charge in [0.1, 0.15) is 0 Å². The maximum Gasteiger partial charge on any atom is 0.235 e.